The predicted octanol–water partition coefficient (Wildman–Crippen LogP) is 2.85. The molecule has 1 unspecified atom stereocenters. The normalized spacial score (nSPS) is 19.8. The van der Waals surface area contributed by atoms with E-state index < -0.39 is 48.8 Å². The summed E-state index contributed by atoms with van der Waals surface area (Å²) in [7, 11) is 0. The molecule has 0 radical (unpaired) electrons. The molecule has 2 amide bonds. The number of amides is 2. The molecule has 174 valence electrons. The Kier molecular flexibility index (Phi) is 6.05. The zero-order chi connectivity index (χ0) is 23.6. The monoisotopic (exact) mass is 460 g/mol. The number of alkyl halides is 3. The van der Waals surface area contributed by atoms with Gasteiger partial charge in [-0.2, -0.15) is 13.2 Å². The summed E-state index contributed by atoms with van der Waals surface area (Å²) in [5.41, 5.74) is -0.749. The Morgan fingerprint density at radius 2 is 2.12 bits per heavy atom. The van der Waals surface area contributed by atoms with Crippen LogP contribution in [0.25, 0.3) is 22.0 Å². The van der Waals surface area contributed by atoms with Crippen molar-refractivity contribution in [2.45, 2.75) is 44.9 Å². The largest absolute Gasteiger partial charge is 0.396 e. The van der Waals surface area contributed by atoms with Crippen molar-refractivity contribution in [3.8, 4) is 11.3 Å². The SMILES string of the molecule is C[C@H](Cn1cc(-c2ccc3cnccc3c2)nn1)NC(=O)CC1(C(F)(F)F)CCC(=O)NC1. The summed E-state index contributed by atoms with van der Waals surface area (Å²) in [5.74, 6) is -1.16. The maximum Gasteiger partial charge on any atom is 0.396 e. The molecule has 1 saturated heterocycles. The molecule has 11 heteroatoms. The summed E-state index contributed by atoms with van der Waals surface area (Å²) >= 11 is 0. The summed E-state index contributed by atoms with van der Waals surface area (Å²) in [5, 5.41) is 15.1. The number of carbonyl (C=O) groups excluding carboxylic acids is 2. The Bertz CT molecular complexity index is 1170. The lowest BCUT2D eigenvalue weighted by atomic mass is 9.76. The lowest BCUT2D eigenvalue weighted by Crippen LogP contribution is -2.54. The molecule has 2 atom stereocenters. The van der Waals surface area contributed by atoms with Gasteiger partial charge in [0.2, 0.25) is 11.8 Å². The number of halogens is 3. The van der Waals surface area contributed by atoms with Crippen molar-refractivity contribution in [2.75, 3.05) is 6.54 Å². The van der Waals surface area contributed by atoms with Crippen molar-refractivity contribution < 1.29 is 22.8 Å². The van der Waals surface area contributed by atoms with Gasteiger partial charge in [0.05, 0.1) is 18.2 Å². The molecule has 1 aliphatic heterocycles. The van der Waals surface area contributed by atoms with Gasteiger partial charge >= 0.3 is 6.18 Å². The van der Waals surface area contributed by atoms with Crippen molar-refractivity contribution in [3.63, 3.8) is 0 Å². The number of fused-ring (bicyclic) bond motifs is 1. The highest BCUT2D eigenvalue weighted by Crippen LogP contribution is 2.45. The van der Waals surface area contributed by atoms with Gasteiger partial charge in [-0.3, -0.25) is 14.6 Å². The van der Waals surface area contributed by atoms with Crippen LogP contribution < -0.4 is 10.6 Å². The molecule has 3 aromatic rings. The third-order valence-electron chi connectivity index (χ3n) is 5.90. The average molecular weight is 460 g/mol. The first-order valence-electron chi connectivity index (χ1n) is 10.5. The van der Waals surface area contributed by atoms with Crippen molar-refractivity contribution in [1.29, 1.82) is 0 Å². The lowest BCUT2D eigenvalue weighted by molar-refractivity contribution is -0.230. The molecule has 0 aliphatic carbocycles. The summed E-state index contributed by atoms with van der Waals surface area (Å²) in [6, 6.07) is 7.23. The number of carbonyl (C=O) groups is 2. The number of benzene rings is 1. The van der Waals surface area contributed by atoms with Crippen LogP contribution in [-0.2, 0) is 16.1 Å². The first kappa shape index (κ1) is 22.7. The highest BCUT2D eigenvalue weighted by atomic mass is 19.4. The Hall–Kier alpha value is -3.50. The van der Waals surface area contributed by atoms with E-state index in [1.165, 1.54) is 4.68 Å². The Balaban J connectivity index is 1.38. The van der Waals surface area contributed by atoms with Gasteiger partial charge in [-0.05, 0) is 30.9 Å². The zero-order valence-corrected chi connectivity index (χ0v) is 17.9. The predicted molar refractivity (Wildman–Crippen MR) is 114 cm³/mol. The topological polar surface area (TPSA) is 102 Å². The smallest absolute Gasteiger partial charge is 0.355 e. The van der Waals surface area contributed by atoms with Gasteiger partial charge in [-0.15, -0.1) is 5.10 Å². The van der Waals surface area contributed by atoms with Gasteiger partial charge in [-0.25, -0.2) is 4.68 Å². The fraction of sp³-hybridized carbons (Fsp3) is 0.409. The van der Waals surface area contributed by atoms with E-state index in [1.807, 2.05) is 24.3 Å². The standard InChI is InChI=1S/C22H23F3N6O2/c1-14(28-20(33)9-21(22(23,24)25)6-4-19(32)27-13-21)11-31-12-18(29-30-31)16-2-3-17-10-26-7-5-15(17)8-16/h2-3,5,7-8,10,12,14H,4,6,9,11,13H2,1H3,(H,27,32)(H,28,33)/t14-,21?/m1/s1. The number of nitrogens with one attached hydrogen (secondary N) is 2. The minimum absolute atomic E-state index is 0.242. The second-order valence-corrected chi connectivity index (χ2v) is 8.46. The molecule has 1 aromatic carbocycles. The van der Waals surface area contributed by atoms with Crippen molar-refractivity contribution in [2.24, 2.45) is 5.41 Å². The molecule has 2 N–H and O–H groups in total. The van der Waals surface area contributed by atoms with Crippen molar-refractivity contribution >= 4 is 22.6 Å². The van der Waals surface area contributed by atoms with E-state index in [9.17, 15) is 22.8 Å². The Morgan fingerprint density at radius 3 is 2.85 bits per heavy atom. The van der Waals surface area contributed by atoms with Gasteiger partial charge in [0.25, 0.3) is 0 Å². The van der Waals surface area contributed by atoms with Crippen LogP contribution in [0.1, 0.15) is 26.2 Å². The molecule has 0 bridgehead atoms. The van der Waals surface area contributed by atoms with Crippen molar-refractivity contribution in [1.82, 2.24) is 30.6 Å². The first-order chi connectivity index (χ1) is 15.6. The maximum absolute atomic E-state index is 13.7. The number of hydrogen-bond acceptors (Lipinski definition) is 5. The molecule has 4 rings (SSSR count). The van der Waals surface area contributed by atoms with E-state index in [1.54, 1.807) is 25.5 Å². The van der Waals surface area contributed by atoms with Gasteiger partial charge in [0.15, 0.2) is 0 Å². The summed E-state index contributed by atoms with van der Waals surface area (Å²) < 4.78 is 42.6. The molecule has 1 fully saturated rings. The zero-order valence-electron chi connectivity index (χ0n) is 17.9. The molecule has 8 nitrogen and oxygen atoms in total. The summed E-state index contributed by atoms with van der Waals surface area (Å²) in [6.07, 6.45) is -0.803. The second kappa shape index (κ2) is 8.80. The quantitative estimate of drug-likeness (QED) is 0.589. The third-order valence-corrected chi connectivity index (χ3v) is 5.90. The molecule has 0 spiro atoms. The molecule has 1 aliphatic rings. The number of hydrogen-bond donors (Lipinski definition) is 2. The Labute approximate surface area is 187 Å². The van der Waals surface area contributed by atoms with Gasteiger partial charge in [0.1, 0.15) is 5.69 Å². The number of nitrogens with zero attached hydrogens (tertiary/aromatic N) is 4. The maximum atomic E-state index is 13.7. The van der Waals surface area contributed by atoms with E-state index in [0.717, 1.165) is 16.3 Å². The van der Waals surface area contributed by atoms with Crippen LogP contribution in [0, 0.1) is 5.41 Å². The van der Waals surface area contributed by atoms with Crippen LogP contribution in [0.4, 0.5) is 13.2 Å². The third kappa shape index (κ3) is 4.96. The van der Waals surface area contributed by atoms with Crippen LogP contribution in [0.3, 0.4) is 0 Å². The molecule has 0 saturated carbocycles. The van der Waals surface area contributed by atoms with Crippen molar-refractivity contribution in [3.05, 3.63) is 42.9 Å². The number of rotatable bonds is 6. The highest BCUT2D eigenvalue weighted by Gasteiger charge is 2.56. The molecule has 33 heavy (non-hydrogen) atoms. The van der Waals surface area contributed by atoms with Gasteiger partial charge < -0.3 is 10.6 Å². The van der Waals surface area contributed by atoms with Crippen LogP contribution in [-0.4, -0.2) is 50.6 Å². The van der Waals surface area contributed by atoms with Gasteiger partial charge in [-0.1, -0.05) is 17.3 Å². The van der Waals surface area contributed by atoms with E-state index in [4.69, 9.17) is 0 Å². The molecule has 2 aromatic heterocycles. The summed E-state index contributed by atoms with van der Waals surface area (Å²) in [6.45, 7) is 1.34. The highest BCUT2D eigenvalue weighted by molar-refractivity contribution is 5.85. The van der Waals surface area contributed by atoms with Crippen LogP contribution in [0.2, 0.25) is 0 Å². The average Bonchev–Trinajstić information content (AvgIpc) is 3.22. The molecular weight excluding hydrogens is 437 g/mol. The van der Waals surface area contributed by atoms with E-state index >= 15 is 0 Å². The summed E-state index contributed by atoms with van der Waals surface area (Å²) in [4.78, 5) is 27.8. The van der Waals surface area contributed by atoms with E-state index in [0.29, 0.717) is 5.69 Å². The molecular formula is C22H23F3N6O2. The van der Waals surface area contributed by atoms with Gasteiger partial charge in [0, 0.05) is 48.8 Å². The fourth-order valence-electron chi connectivity index (χ4n) is 4.01. The minimum atomic E-state index is -4.60. The van der Waals surface area contributed by atoms with Crippen LogP contribution in [0.15, 0.2) is 42.9 Å². The fourth-order valence-corrected chi connectivity index (χ4v) is 4.01. The number of piperidine rings is 1. The number of pyridine rings is 1. The minimum Gasteiger partial charge on any atom is -0.355 e. The first-order valence-corrected chi connectivity index (χ1v) is 10.5. The van der Waals surface area contributed by atoms with Crippen LogP contribution in [0.5, 0.6) is 0 Å². The van der Waals surface area contributed by atoms with E-state index in [2.05, 4.69) is 25.9 Å². The van der Waals surface area contributed by atoms with E-state index in [-0.39, 0.29) is 13.0 Å². The molecule has 3 heterocycles. The number of aromatic nitrogens is 4. The lowest BCUT2D eigenvalue weighted by Gasteiger charge is -2.38. The Morgan fingerprint density at radius 1 is 1.30 bits per heavy atom. The van der Waals surface area contributed by atoms with Crippen LogP contribution >= 0.6 is 0 Å². The second-order valence-electron chi connectivity index (χ2n) is 8.46.